The van der Waals surface area contributed by atoms with E-state index in [1.165, 1.54) is 12.8 Å². The molecule has 1 fully saturated rings. The first kappa shape index (κ1) is 16.8. The number of hydrogen-bond donors (Lipinski definition) is 3. The maximum atomic E-state index is 12.1. The van der Waals surface area contributed by atoms with E-state index in [0.717, 1.165) is 36.9 Å². The standard InChI is InChI=1S/C18H28N2O2/c1-14(2)15-9-5-6-10-16(15)20-17(21)19-13-18(22)11-7-3-4-8-12-18/h5-6,9-10,14,22H,3-4,7-8,11-13H2,1-2H3,(H2,19,20,21). The Bertz CT molecular complexity index is 492. The molecule has 0 spiro atoms. The second kappa shape index (κ2) is 7.63. The number of amides is 2. The molecule has 0 aliphatic heterocycles. The molecule has 0 aromatic heterocycles. The van der Waals surface area contributed by atoms with Crippen molar-refractivity contribution in [3.8, 4) is 0 Å². The molecule has 3 N–H and O–H groups in total. The summed E-state index contributed by atoms with van der Waals surface area (Å²) in [5.41, 5.74) is 1.21. The zero-order valence-corrected chi connectivity index (χ0v) is 13.7. The van der Waals surface area contributed by atoms with Crippen LogP contribution in [0, 0.1) is 0 Å². The minimum Gasteiger partial charge on any atom is -0.388 e. The smallest absolute Gasteiger partial charge is 0.319 e. The van der Waals surface area contributed by atoms with Crippen LogP contribution in [0.15, 0.2) is 24.3 Å². The SMILES string of the molecule is CC(C)c1ccccc1NC(=O)NCC1(O)CCCCCC1. The van der Waals surface area contributed by atoms with Crippen LogP contribution in [0.3, 0.4) is 0 Å². The summed E-state index contributed by atoms with van der Waals surface area (Å²) in [6, 6.07) is 7.59. The summed E-state index contributed by atoms with van der Waals surface area (Å²) in [4.78, 5) is 12.1. The molecule has 0 saturated heterocycles. The Hall–Kier alpha value is -1.55. The molecule has 1 aliphatic rings. The van der Waals surface area contributed by atoms with E-state index < -0.39 is 5.60 Å². The van der Waals surface area contributed by atoms with E-state index in [1.54, 1.807) is 0 Å². The third kappa shape index (κ3) is 4.73. The minimum absolute atomic E-state index is 0.245. The Kier molecular flexibility index (Phi) is 5.83. The van der Waals surface area contributed by atoms with Crippen LogP contribution in [0.4, 0.5) is 10.5 Å². The summed E-state index contributed by atoms with van der Waals surface area (Å²) in [6.45, 7) is 4.53. The minimum atomic E-state index is -0.745. The number of rotatable bonds is 4. The van der Waals surface area contributed by atoms with Crippen molar-refractivity contribution < 1.29 is 9.90 Å². The van der Waals surface area contributed by atoms with Crippen molar-refractivity contribution in [3.63, 3.8) is 0 Å². The van der Waals surface area contributed by atoms with Crippen LogP contribution < -0.4 is 10.6 Å². The highest BCUT2D eigenvalue weighted by Crippen LogP contribution is 2.26. The van der Waals surface area contributed by atoms with Crippen LogP contribution in [0.2, 0.25) is 0 Å². The van der Waals surface area contributed by atoms with Crippen LogP contribution in [0.5, 0.6) is 0 Å². The average Bonchev–Trinajstić information content (AvgIpc) is 2.71. The molecule has 0 bridgehead atoms. The fraction of sp³-hybridized carbons (Fsp3) is 0.611. The van der Waals surface area contributed by atoms with E-state index in [-0.39, 0.29) is 6.03 Å². The van der Waals surface area contributed by atoms with Crippen LogP contribution in [0.25, 0.3) is 0 Å². The second-order valence-corrected chi connectivity index (χ2v) is 6.69. The number of carbonyl (C=O) groups is 1. The van der Waals surface area contributed by atoms with Crippen molar-refractivity contribution >= 4 is 11.7 Å². The summed E-state index contributed by atoms with van der Waals surface area (Å²) in [5.74, 6) is 0.350. The van der Waals surface area contributed by atoms with Gasteiger partial charge in [0.25, 0.3) is 0 Å². The zero-order chi connectivity index (χ0) is 16.0. The molecule has 0 heterocycles. The van der Waals surface area contributed by atoms with Gasteiger partial charge in [-0.15, -0.1) is 0 Å². The van der Waals surface area contributed by atoms with Crippen molar-refractivity contribution in [1.29, 1.82) is 0 Å². The lowest BCUT2D eigenvalue weighted by Crippen LogP contribution is -2.44. The molecule has 1 aromatic carbocycles. The molecule has 2 rings (SSSR count). The van der Waals surface area contributed by atoms with Crippen LogP contribution in [0.1, 0.15) is 63.9 Å². The normalized spacial score (nSPS) is 17.8. The first-order chi connectivity index (χ1) is 10.5. The molecule has 122 valence electrons. The molecular formula is C18H28N2O2. The molecule has 22 heavy (non-hydrogen) atoms. The first-order valence-corrected chi connectivity index (χ1v) is 8.36. The maximum absolute atomic E-state index is 12.1. The lowest BCUT2D eigenvalue weighted by molar-refractivity contribution is 0.0281. The summed E-state index contributed by atoms with van der Waals surface area (Å²) < 4.78 is 0. The lowest BCUT2D eigenvalue weighted by atomic mass is 9.94. The van der Waals surface area contributed by atoms with Crippen LogP contribution >= 0.6 is 0 Å². The van der Waals surface area contributed by atoms with Gasteiger partial charge >= 0.3 is 6.03 Å². The van der Waals surface area contributed by atoms with Crippen molar-refractivity contribution in [2.45, 2.75) is 63.9 Å². The Morgan fingerprint density at radius 2 is 1.82 bits per heavy atom. The number of hydrogen-bond acceptors (Lipinski definition) is 2. The van der Waals surface area contributed by atoms with Gasteiger partial charge in [-0.05, 0) is 30.4 Å². The zero-order valence-electron chi connectivity index (χ0n) is 13.7. The molecular weight excluding hydrogens is 276 g/mol. The highest BCUT2D eigenvalue weighted by Gasteiger charge is 2.28. The van der Waals surface area contributed by atoms with Crippen LogP contribution in [-0.2, 0) is 0 Å². The molecule has 0 radical (unpaired) electrons. The summed E-state index contributed by atoms with van der Waals surface area (Å²) in [7, 11) is 0. The Balaban J connectivity index is 1.90. The van der Waals surface area contributed by atoms with Gasteiger partial charge in [0.1, 0.15) is 0 Å². The number of anilines is 1. The van der Waals surface area contributed by atoms with E-state index in [0.29, 0.717) is 12.5 Å². The highest BCUT2D eigenvalue weighted by molar-refractivity contribution is 5.90. The van der Waals surface area contributed by atoms with E-state index in [1.807, 2.05) is 24.3 Å². The van der Waals surface area contributed by atoms with Gasteiger partial charge in [0.05, 0.1) is 5.60 Å². The van der Waals surface area contributed by atoms with Crippen molar-refractivity contribution in [1.82, 2.24) is 5.32 Å². The summed E-state index contributed by atoms with van der Waals surface area (Å²) in [5, 5.41) is 16.3. The van der Waals surface area contributed by atoms with Crippen molar-refractivity contribution in [2.75, 3.05) is 11.9 Å². The number of urea groups is 1. The van der Waals surface area contributed by atoms with Gasteiger partial charge in [-0.3, -0.25) is 0 Å². The van der Waals surface area contributed by atoms with E-state index in [4.69, 9.17) is 0 Å². The third-order valence-corrected chi connectivity index (χ3v) is 4.44. The molecule has 4 nitrogen and oxygen atoms in total. The Labute approximate surface area is 133 Å². The Morgan fingerprint density at radius 1 is 1.18 bits per heavy atom. The number of carbonyl (C=O) groups excluding carboxylic acids is 1. The molecule has 1 aromatic rings. The number of nitrogens with one attached hydrogen (secondary N) is 2. The van der Waals surface area contributed by atoms with E-state index in [9.17, 15) is 9.90 Å². The van der Waals surface area contributed by atoms with Gasteiger partial charge in [0.15, 0.2) is 0 Å². The molecule has 2 amide bonds. The molecule has 1 aliphatic carbocycles. The fourth-order valence-electron chi connectivity index (χ4n) is 3.09. The third-order valence-electron chi connectivity index (χ3n) is 4.44. The Morgan fingerprint density at radius 3 is 2.45 bits per heavy atom. The fourth-order valence-corrected chi connectivity index (χ4v) is 3.09. The summed E-state index contributed by atoms with van der Waals surface area (Å²) in [6.07, 6.45) is 5.98. The maximum Gasteiger partial charge on any atom is 0.319 e. The van der Waals surface area contributed by atoms with Gasteiger partial charge in [-0.1, -0.05) is 57.7 Å². The number of aliphatic hydroxyl groups is 1. The van der Waals surface area contributed by atoms with Crippen molar-refractivity contribution in [2.24, 2.45) is 0 Å². The van der Waals surface area contributed by atoms with Gasteiger partial charge in [0, 0.05) is 12.2 Å². The molecule has 0 atom stereocenters. The monoisotopic (exact) mass is 304 g/mol. The molecule has 1 saturated carbocycles. The first-order valence-electron chi connectivity index (χ1n) is 8.36. The molecule has 0 unspecified atom stereocenters. The molecule has 4 heteroatoms. The van der Waals surface area contributed by atoms with Crippen LogP contribution in [-0.4, -0.2) is 23.3 Å². The highest BCUT2D eigenvalue weighted by atomic mass is 16.3. The summed E-state index contributed by atoms with van der Waals surface area (Å²) >= 11 is 0. The van der Waals surface area contributed by atoms with E-state index >= 15 is 0 Å². The average molecular weight is 304 g/mol. The van der Waals surface area contributed by atoms with Gasteiger partial charge in [-0.2, -0.15) is 0 Å². The largest absolute Gasteiger partial charge is 0.388 e. The second-order valence-electron chi connectivity index (χ2n) is 6.69. The van der Waals surface area contributed by atoms with Gasteiger partial charge in [0.2, 0.25) is 0 Å². The van der Waals surface area contributed by atoms with E-state index in [2.05, 4.69) is 24.5 Å². The lowest BCUT2D eigenvalue weighted by Gasteiger charge is -2.27. The van der Waals surface area contributed by atoms with Crippen molar-refractivity contribution in [3.05, 3.63) is 29.8 Å². The quantitative estimate of drug-likeness (QED) is 0.736. The predicted octanol–water partition coefficient (Wildman–Crippen LogP) is 4.02. The van der Waals surface area contributed by atoms with Gasteiger partial charge in [-0.25, -0.2) is 4.79 Å². The number of benzene rings is 1. The van der Waals surface area contributed by atoms with Gasteiger partial charge < -0.3 is 15.7 Å². The topological polar surface area (TPSA) is 61.4 Å². The number of para-hydroxylation sites is 1. The predicted molar refractivity (Wildman–Crippen MR) is 90.2 cm³/mol.